The van der Waals surface area contributed by atoms with Gasteiger partial charge < -0.3 is 5.32 Å². The van der Waals surface area contributed by atoms with E-state index in [0.29, 0.717) is 0 Å². The van der Waals surface area contributed by atoms with Crippen LogP contribution in [-0.2, 0) is 12.3 Å². The number of hydrogen-bond acceptors (Lipinski definition) is 2. The molecule has 2 aromatic rings. The van der Waals surface area contributed by atoms with Crippen molar-refractivity contribution >= 4 is 23.4 Å². The Kier molecular flexibility index (Phi) is 4.84. The molecule has 1 aliphatic carbocycles. The van der Waals surface area contributed by atoms with Crippen molar-refractivity contribution in [3.63, 3.8) is 0 Å². The van der Waals surface area contributed by atoms with Crippen LogP contribution in [0.1, 0.15) is 24.0 Å². The van der Waals surface area contributed by atoms with E-state index >= 15 is 0 Å². The van der Waals surface area contributed by atoms with E-state index in [4.69, 9.17) is 11.6 Å². The molecule has 0 aliphatic heterocycles. The second-order valence-electron chi connectivity index (χ2n) is 5.34. The van der Waals surface area contributed by atoms with E-state index < -0.39 is 0 Å². The normalized spacial score (nSPS) is 14.4. The Balaban J connectivity index is 1.58. The van der Waals surface area contributed by atoms with Crippen LogP contribution in [0.2, 0.25) is 5.02 Å². The van der Waals surface area contributed by atoms with Crippen LogP contribution < -0.4 is 5.32 Å². The molecule has 1 fully saturated rings. The topological polar surface area (TPSA) is 12.0 Å². The maximum Gasteiger partial charge on any atom is 0.142 e. The minimum atomic E-state index is -0.350. The Morgan fingerprint density at radius 1 is 1.14 bits per heavy atom. The molecule has 110 valence electrons. The van der Waals surface area contributed by atoms with E-state index in [0.717, 1.165) is 23.9 Å². The van der Waals surface area contributed by atoms with Crippen molar-refractivity contribution in [2.75, 3.05) is 0 Å². The van der Waals surface area contributed by atoms with Gasteiger partial charge in [0.25, 0.3) is 0 Å². The minimum absolute atomic E-state index is 0.178. The fourth-order valence-corrected chi connectivity index (χ4v) is 3.13. The summed E-state index contributed by atoms with van der Waals surface area (Å²) in [6.07, 6.45) is 2.60. The van der Waals surface area contributed by atoms with Gasteiger partial charge in [-0.3, -0.25) is 0 Å². The Morgan fingerprint density at radius 2 is 2.00 bits per heavy atom. The molecule has 3 rings (SSSR count). The lowest BCUT2D eigenvalue weighted by Crippen LogP contribution is -2.15. The summed E-state index contributed by atoms with van der Waals surface area (Å²) in [5.41, 5.74) is 2.25. The molecule has 1 aliphatic rings. The van der Waals surface area contributed by atoms with Gasteiger partial charge in [0.15, 0.2) is 0 Å². The first-order valence-corrected chi connectivity index (χ1v) is 8.46. The first-order valence-electron chi connectivity index (χ1n) is 7.10. The Bertz CT molecular complexity index is 628. The largest absolute Gasteiger partial charge is 0.310 e. The highest BCUT2D eigenvalue weighted by molar-refractivity contribution is 7.98. The number of nitrogens with one attached hydrogen (secondary N) is 1. The van der Waals surface area contributed by atoms with E-state index in [1.165, 1.54) is 29.4 Å². The average Bonchev–Trinajstić information content (AvgIpc) is 3.31. The highest BCUT2D eigenvalue weighted by Gasteiger charge is 2.19. The first-order chi connectivity index (χ1) is 10.2. The molecule has 0 amide bonds. The zero-order chi connectivity index (χ0) is 14.7. The number of rotatable bonds is 6. The molecule has 0 radical (unpaired) electrons. The molecule has 0 aromatic heterocycles. The summed E-state index contributed by atoms with van der Waals surface area (Å²) in [5, 5.41) is 3.69. The van der Waals surface area contributed by atoms with Crippen molar-refractivity contribution in [3.8, 4) is 0 Å². The standard InChI is InChI=1S/C17H17ClFNS/c18-16-7-4-13(9-17(16)19)11-21-15-3-1-2-12(8-15)10-20-14-5-6-14/h1-4,7-9,14,20H,5-6,10-11H2. The van der Waals surface area contributed by atoms with Gasteiger partial charge in [0.1, 0.15) is 5.82 Å². The summed E-state index contributed by atoms with van der Waals surface area (Å²) in [4.78, 5) is 1.21. The third kappa shape index (κ3) is 4.47. The maximum atomic E-state index is 13.4. The monoisotopic (exact) mass is 321 g/mol. The lowest BCUT2D eigenvalue weighted by molar-refractivity contribution is 0.627. The zero-order valence-electron chi connectivity index (χ0n) is 11.6. The van der Waals surface area contributed by atoms with Gasteiger partial charge in [0.2, 0.25) is 0 Å². The molecule has 2 aromatic carbocycles. The van der Waals surface area contributed by atoms with Gasteiger partial charge in [-0.05, 0) is 48.2 Å². The Labute approximate surface area is 133 Å². The molecule has 1 saturated carbocycles. The highest BCUT2D eigenvalue weighted by atomic mass is 35.5. The predicted octanol–water partition coefficient (Wildman–Crippen LogP) is 5.02. The van der Waals surface area contributed by atoms with Crippen molar-refractivity contribution in [1.82, 2.24) is 5.32 Å². The average molecular weight is 322 g/mol. The van der Waals surface area contributed by atoms with Crippen LogP contribution in [0.5, 0.6) is 0 Å². The number of thioether (sulfide) groups is 1. The quantitative estimate of drug-likeness (QED) is 0.749. The molecule has 0 atom stereocenters. The molecule has 0 spiro atoms. The number of halogens is 2. The summed E-state index contributed by atoms with van der Waals surface area (Å²) >= 11 is 7.41. The molecule has 4 heteroatoms. The summed E-state index contributed by atoms with van der Waals surface area (Å²) in [6, 6.07) is 14.2. The molecule has 1 nitrogen and oxygen atoms in total. The van der Waals surface area contributed by atoms with Gasteiger partial charge >= 0.3 is 0 Å². The molecular formula is C17H17ClFNS. The van der Waals surface area contributed by atoms with Crippen molar-refractivity contribution in [1.29, 1.82) is 0 Å². The molecule has 0 heterocycles. The van der Waals surface area contributed by atoms with Gasteiger partial charge in [-0.2, -0.15) is 0 Å². The molecule has 1 N–H and O–H groups in total. The minimum Gasteiger partial charge on any atom is -0.310 e. The van der Waals surface area contributed by atoms with E-state index in [-0.39, 0.29) is 10.8 Å². The van der Waals surface area contributed by atoms with Crippen LogP contribution in [0, 0.1) is 5.82 Å². The highest BCUT2D eigenvalue weighted by Crippen LogP contribution is 2.26. The maximum absolute atomic E-state index is 13.4. The van der Waals surface area contributed by atoms with Crippen molar-refractivity contribution in [2.24, 2.45) is 0 Å². The Hall–Kier alpha value is -1.03. The van der Waals surface area contributed by atoms with Gasteiger partial charge in [-0.1, -0.05) is 29.8 Å². The molecule has 0 unspecified atom stereocenters. The van der Waals surface area contributed by atoms with Crippen molar-refractivity contribution < 1.29 is 4.39 Å². The second kappa shape index (κ2) is 6.82. The van der Waals surface area contributed by atoms with E-state index in [1.54, 1.807) is 17.8 Å². The predicted molar refractivity (Wildman–Crippen MR) is 87.3 cm³/mol. The van der Waals surface area contributed by atoms with Gasteiger partial charge in [-0.15, -0.1) is 11.8 Å². The lowest BCUT2D eigenvalue weighted by atomic mass is 10.2. The molecule has 0 bridgehead atoms. The number of benzene rings is 2. The zero-order valence-corrected chi connectivity index (χ0v) is 13.2. The number of hydrogen-bond donors (Lipinski definition) is 1. The van der Waals surface area contributed by atoms with Crippen LogP contribution in [-0.4, -0.2) is 6.04 Å². The molecule has 0 saturated heterocycles. The second-order valence-corrected chi connectivity index (χ2v) is 6.80. The first kappa shape index (κ1) is 14.9. The van der Waals surface area contributed by atoms with Crippen molar-refractivity contribution in [2.45, 2.75) is 36.1 Å². The van der Waals surface area contributed by atoms with Gasteiger partial charge in [0.05, 0.1) is 5.02 Å². The van der Waals surface area contributed by atoms with Crippen molar-refractivity contribution in [3.05, 3.63) is 64.4 Å². The fraction of sp³-hybridized carbons (Fsp3) is 0.294. The lowest BCUT2D eigenvalue weighted by Gasteiger charge is -2.07. The SMILES string of the molecule is Fc1cc(CSc2cccc(CNC3CC3)c2)ccc1Cl. The van der Waals surface area contributed by atoms with Crippen LogP contribution >= 0.6 is 23.4 Å². The van der Waals surface area contributed by atoms with Crippen LogP contribution in [0.3, 0.4) is 0 Å². The van der Waals surface area contributed by atoms with Crippen LogP contribution in [0.25, 0.3) is 0 Å². The summed E-state index contributed by atoms with van der Waals surface area (Å²) < 4.78 is 13.4. The van der Waals surface area contributed by atoms with Gasteiger partial charge in [-0.25, -0.2) is 4.39 Å². The van der Waals surface area contributed by atoms with E-state index in [1.807, 2.05) is 6.07 Å². The summed E-state index contributed by atoms with van der Waals surface area (Å²) in [7, 11) is 0. The fourth-order valence-electron chi connectivity index (χ4n) is 2.09. The molecule has 21 heavy (non-hydrogen) atoms. The van der Waals surface area contributed by atoms with Gasteiger partial charge in [0, 0.05) is 23.2 Å². The van der Waals surface area contributed by atoms with Crippen LogP contribution in [0.4, 0.5) is 4.39 Å². The smallest absolute Gasteiger partial charge is 0.142 e. The summed E-state index contributed by atoms with van der Waals surface area (Å²) in [6.45, 7) is 0.925. The Morgan fingerprint density at radius 3 is 2.76 bits per heavy atom. The van der Waals surface area contributed by atoms with E-state index in [2.05, 4.69) is 29.6 Å². The van der Waals surface area contributed by atoms with Crippen LogP contribution in [0.15, 0.2) is 47.4 Å². The molecular weight excluding hydrogens is 305 g/mol. The third-order valence-corrected chi connectivity index (χ3v) is 4.83. The summed E-state index contributed by atoms with van der Waals surface area (Å²) in [5.74, 6) is 0.394. The van der Waals surface area contributed by atoms with E-state index in [9.17, 15) is 4.39 Å². The third-order valence-electron chi connectivity index (χ3n) is 3.46.